The second-order valence-corrected chi connectivity index (χ2v) is 5.60. The molecule has 0 spiro atoms. The molecule has 1 heterocycles. The van der Waals surface area contributed by atoms with Crippen molar-refractivity contribution in [1.82, 2.24) is 4.98 Å². The molecule has 106 valence electrons. The minimum atomic E-state index is 0.235. The number of ether oxygens (including phenoxy) is 1. The van der Waals surface area contributed by atoms with Gasteiger partial charge in [0.15, 0.2) is 0 Å². The number of nitrogens with one attached hydrogen (secondary N) is 1. The third-order valence-electron chi connectivity index (χ3n) is 3.01. The van der Waals surface area contributed by atoms with Crippen LogP contribution in [0.15, 0.2) is 47.1 Å². The molecule has 1 aromatic carbocycles. The molecule has 1 N–H and O–H groups in total. The quantitative estimate of drug-likeness (QED) is 0.835. The molecule has 0 bridgehead atoms. The van der Waals surface area contributed by atoms with Gasteiger partial charge in [-0.2, -0.15) is 0 Å². The van der Waals surface area contributed by atoms with Crippen molar-refractivity contribution in [2.45, 2.75) is 32.9 Å². The summed E-state index contributed by atoms with van der Waals surface area (Å²) >= 11 is 3.38. The predicted octanol–water partition coefficient (Wildman–Crippen LogP) is 4.63. The maximum Gasteiger partial charge on any atom is 0.121 e. The Morgan fingerprint density at radius 2 is 2.15 bits per heavy atom. The summed E-state index contributed by atoms with van der Waals surface area (Å²) in [5.74, 6) is 0.896. The van der Waals surface area contributed by atoms with Gasteiger partial charge >= 0.3 is 0 Å². The Kier molecular flexibility index (Phi) is 5.41. The summed E-state index contributed by atoms with van der Waals surface area (Å²) < 4.78 is 6.80. The smallest absolute Gasteiger partial charge is 0.121 e. The van der Waals surface area contributed by atoms with Gasteiger partial charge in [0.2, 0.25) is 0 Å². The summed E-state index contributed by atoms with van der Waals surface area (Å²) in [5, 5.41) is 3.35. The van der Waals surface area contributed by atoms with Crippen LogP contribution in [0.4, 0.5) is 5.69 Å². The Labute approximate surface area is 128 Å². The molecule has 0 amide bonds. The van der Waals surface area contributed by atoms with E-state index in [4.69, 9.17) is 4.74 Å². The molecule has 4 heteroatoms. The highest BCUT2D eigenvalue weighted by Gasteiger charge is 2.02. The molecule has 0 fully saturated rings. The van der Waals surface area contributed by atoms with Crippen LogP contribution in [0.5, 0.6) is 5.75 Å². The predicted molar refractivity (Wildman–Crippen MR) is 86.1 cm³/mol. The van der Waals surface area contributed by atoms with E-state index in [0.717, 1.165) is 28.0 Å². The SMILES string of the molecule is CCC(C)Oc1cccc(NCc2ccc(Br)cn2)c1. The van der Waals surface area contributed by atoms with Crippen molar-refractivity contribution >= 4 is 21.6 Å². The van der Waals surface area contributed by atoms with Crippen LogP contribution in [-0.2, 0) is 6.54 Å². The molecule has 0 aliphatic rings. The number of benzene rings is 1. The average molecular weight is 335 g/mol. The first kappa shape index (κ1) is 14.9. The molecule has 0 saturated carbocycles. The lowest BCUT2D eigenvalue weighted by molar-refractivity contribution is 0.217. The van der Waals surface area contributed by atoms with Crippen LogP contribution < -0.4 is 10.1 Å². The Hall–Kier alpha value is -1.55. The Balaban J connectivity index is 1.95. The van der Waals surface area contributed by atoms with Crippen molar-refractivity contribution in [3.63, 3.8) is 0 Å². The zero-order valence-corrected chi connectivity index (χ0v) is 13.4. The standard InChI is InChI=1S/C16H19BrN2O/c1-3-12(2)20-16-6-4-5-14(9-16)19-11-15-8-7-13(17)10-18-15/h4-10,12,19H,3,11H2,1-2H3. The molecule has 2 rings (SSSR count). The minimum absolute atomic E-state index is 0.235. The molecule has 0 aliphatic carbocycles. The largest absolute Gasteiger partial charge is 0.491 e. The van der Waals surface area contributed by atoms with Gasteiger partial charge in [0, 0.05) is 22.4 Å². The van der Waals surface area contributed by atoms with Gasteiger partial charge in [0.05, 0.1) is 18.3 Å². The van der Waals surface area contributed by atoms with Crippen LogP contribution >= 0.6 is 15.9 Å². The lowest BCUT2D eigenvalue weighted by Gasteiger charge is -2.14. The topological polar surface area (TPSA) is 34.1 Å². The first-order valence-corrected chi connectivity index (χ1v) is 7.57. The van der Waals surface area contributed by atoms with Gasteiger partial charge in [-0.1, -0.05) is 13.0 Å². The van der Waals surface area contributed by atoms with Gasteiger partial charge in [-0.15, -0.1) is 0 Å². The number of hydrogen-bond acceptors (Lipinski definition) is 3. The Morgan fingerprint density at radius 3 is 2.85 bits per heavy atom. The third kappa shape index (κ3) is 4.53. The van der Waals surface area contributed by atoms with E-state index < -0.39 is 0 Å². The maximum atomic E-state index is 5.81. The summed E-state index contributed by atoms with van der Waals surface area (Å²) in [6.45, 7) is 4.89. The van der Waals surface area contributed by atoms with E-state index in [1.54, 1.807) is 6.20 Å². The van der Waals surface area contributed by atoms with Crippen molar-refractivity contribution in [1.29, 1.82) is 0 Å². The first-order chi connectivity index (χ1) is 9.67. The average Bonchev–Trinajstić information content (AvgIpc) is 2.47. The molecule has 1 aromatic heterocycles. The highest BCUT2D eigenvalue weighted by atomic mass is 79.9. The number of aromatic nitrogens is 1. The van der Waals surface area contributed by atoms with E-state index in [1.165, 1.54) is 0 Å². The molecule has 0 saturated heterocycles. The first-order valence-electron chi connectivity index (χ1n) is 6.78. The molecular weight excluding hydrogens is 316 g/mol. The van der Waals surface area contributed by atoms with Gasteiger partial charge in [-0.25, -0.2) is 0 Å². The van der Waals surface area contributed by atoms with Crippen molar-refractivity contribution in [2.75, 3.05) is 5.32 Å². The van der Waals surface area contributed by atoms with Crippen molar-refractivity contribution in [3.8, 4) is 5.75 Å². The molecule has 2 aromatic rings. The van der Waals surface area contributed by atoms with Crippen LogP contribution in [0.3, 0.4) is 0 Å². The number of nitrogens with zero attached hydrogens (tertiary/aromatic N) is 1. The number of pyridine rings is 1. The van der Waals surface area contributed by atoms with Crippen LogP contribution in [0.1, 0.15) is 26.0 Å². The highest BCUT2D eigenvalue weighted by Crippen LogP contribution is 2.19. The lowest BCUT2D eigenvalue weighted by Crippen LogP contribution is -2.09. The molecular formula is C16H19BrN2O. The summed E-state index contributed by atoms with van der Waals surface area (Å²) in [6.07, 6.45) is 3.04. The zero-order valence-electron chi connectivity index (χ0n) is 11.8. The minimum Gasteiger partial charge on any atom is -0.491 e. The Morgan fingerprint density at radius 1 is 1.30 bits per heavy atom. The highest BCUT2D eigenvalue weighted by molar-refractivity contribution is 9.10. The number of rotatable bonds is 6. The van der Waals surface area contributed by atoms with Gasteiger partial charge in [-0.05, 0) is 53.5 Å². The van der Waals surface area contributed by atoms with E-state index in [2.05, 4.69) is 40.1 Å². The summed E-state index contributed by atoms with van der Waals surface area (Å²) in [6, 6.07) is 12.0. The number of anilines is 1. The fourth-order valence-electron chi connectivity index (χ4n) is 1.70. The van der Waals surface area contributed by atoms with Crippen molar-refractivity contribution in [3.05, 3.63) is 52.8 Å². The number of halogens is 1. The van der Waals surface area contributed by atoms with E-state index in [9.17, 15) is 0 Å². The number of hydrogen-bond donors (Lipinski definition) is 1. The second kappa shape index (κ2) is 7.29. The lowest BCUT2D eigenvalue weighted by atomic mass is 10.2. The van der Waals surface area contributed by atoms with Crippen molar-refractivity contribution < 1.29 is 4.74 Å². The second-order valence-electron chi connectivity index (χ2n) is 4.69. The molecule has 3 nitrogen and oxygen atoms in total. The van der Waals surface area contributed by atoms with Crippen LogP contribution in [0.25, 0.3) is 0 Å². The fraction of sp³-hybridized carbons (Fsp3) is 0.312. The van der Waals surface area contributed by atoms with Gasteiger partial charge in [0.25, 0.3) is 0 Å². The third-order valence-corrected chi connectivity index (χ3v) is 3.48. The normalized spacial score (nSPS) is 11.9. The maximum absolute atomic E-state index is 5.81. The van der Waals surface area contributed by atoms with E-state index in [0.29, 0.717) is 6.54 Å². The summed E-state index contributed by atoms with van der Waals surface area (Å²) in [5.41, 5.74) is 2.04. The summed E-state index contributed by atoms with van der Waals surface area (Å²) in [7, 11) is 0. The van der Waals surface area contributed by atoms with Gasteiger partial charge in [-0.3, -0.25) is 4.98 Å². The van der Waals surface area contributed by atoms with Gasteiger partial charge < -0.3 is 10.1 Å². The summed E-state index contributed by atoms with van der Waals surface area (Å²) in [4.78, 5) is 4.34. The molecule has 0 aliphatic heterocycles. The van der Waals surface area contributed by atoms with Crippen LogP contribution in [-0.4, -0.2) is 11.1 Å². The zero-order chi connectivity index (χ0) is 14.4. The van der Waals surface area contributed by atoms with E-state index in [-0.39, 0.29) is 6.10 Å². The molecule has 0 radical (unpaired) electrons. The van der Waals surface area contributed by atoms with Crippen molar-refractivity contribution in [2.24, 2.45) is 0 Å². The van der Waals surface area contributed by atoms with Crippen LogP contribution in [0, 0.1) is 0 Å². The van der Waals surface area contributed by atoms with E-state index >= 15 is 0 Å². The molecule has 20 heavy (non-hydrogen) atoms. The molecule has 1 atom stereocenters. The van der Waals surface area contributed by atoms with E-state index in [1.807, 2.05) is 36.4 Å². The Bertz CT molecular complexity index is 542. The molecule has 1 unspecified atom stereocenters. The fourth-order valence-corrected chi connectivity index (χ4v) is 1.93. The van der Waals surface area contributed by atoms with Crippen LogP contribution in [0.2, 0.25) is 0 Å². The van der Waals surface area contributed by atoms with Gasteiger partial charge in [0.1, 0.15) is 5.75 Å². The monoisotopic (exact) mass is 334 g/mol.